The predicted molar refractivity (Wildman–Crippen MR) is 82.8 cm³/mol. The minimum Gasteiger partial charge on any atom is -0.497 e. The molecule has 3 N–H and O–H groups in total. The molecule has 7 nitrogen and oxygen atoms in total. The van der Waals surface area contributed by atoms with Crippen LogP contribution in [-0.2, 0) is 4.74 Å². The van der Waals surface area contributed by atoms with Gasteiger partial charge < -0.3 is 19.7 Å². The molecule has 118 valence electrons. The molecule has 0 spiro atoms. The van der Waals surface area contributed by atoms with Gasteiger partial charge in [-0.2, -0.15) is 0 Å². The van der Waals surface area contributed by atoms with Gasteiger partial charge in [-0.1, -0.05) is 5.16 Å². The molecule has 0 atom stereocenters. The number of methoxy groups -OCH3 is 1. The number of amides is 1. The second-order valence-electron chi connectivity index (χ2n) is 5.65. The molecule has 0 saturated carbocycles. The van der Waals surface area contributed by atoms with Crippen molar-refractivity contribution in [3.63, 3.8) is 0 Å². The van der Waals surface area contributed by atoms with E-state index >= 15 is 0 Å². The van der Waals surface area contributed by atoms with Gasteiger partial charge in [-0.25, -0.2) is 4.79 Å². The number of carbonyl (C=O) groups excluding carboxylic acids is 1. The van der Waals surface area contributed by atoms with Gasteiger partial charge in [0.1, 0.15) is 17.0 Å². The van der Waals surface area contributed by atoms with Gasteiger partial charge in [-0.15, -0.1) is 0 Å². The highest BCUT2D eigenvalue weighted by molar-refractivity contribution is 5.91. The Hall–Kier alpha value is -2.70. The lowest BCUT2D eigenvalue weighted by atomic mass is 10.1. The zero-order chi connectivity index (χ0) is 16.3. The minimum absolute atomic E-state index is 0.182. The van der Waals surface area contributed by atoms with E-state index in [-0.39, 0.29) is 5.88 Å². The third-order valence-electron chi connectivity index (χ3n) is 2.67. The molecule has 0 aliphatic rings. The molecule has 0 bridgehead atoms. The molecule has 0 aliphatic heterocycles. The largest absolute Gasteiger partial charge is 0.497 e. The first-order valence-electron chi connectivity index (χ1n) is 6.69. The molecule has 0 unspecified atom stereocenters. The van der Waals surface area contributed by atoms with Crippen LogP contribution >= 0.6 is 0 Å². The van der Waals surface area contributed by atoms with E-state index in [9.17, 15) is 4.79 Å². The molecule has 1 heterocycles. The van der Waals surface area contributed by atoms with E-state index in [2.05, 4.69) is 10.5 Å². The third-order valence-corrected chi connectivity index (χ3v) is 2.67. The normalized spacial score (nSPS) is 11.1. The van der Waals surface area contributed by atoms with Crippen molar-refractivity contribution in [2.24, 2.45) is 0 Å². The van der Waals surface area contributed by atoms with Gasteiger partial charge in [-0.3, -0.25) is 5.32 Å². The van der Waals surface area contributed by atoms with Crippen LogP contribution in [0.1, 0.15) is 20.8 Å². The Morgan fingerprint density at radius 3 is 2.59 bits per heavy atom. The molecule has 0 aliphatic carbocycles. The molecule has 1 amide bonds. The molecule has 0 saturated heterocycles. The lowest BCUT2D eigenvalue weighted by molar-refractivity contribution is 0.0636. The summed E-state index contributed by atoms with van der Waals surface area (Å²) in [7, 11) is 1.55. The molecule has 1 aromatic heterocycles. The fourth-order valence-corrected chi connectivity index (χ4v) is 1.80. The Bertz CT molecular complexity index is 674. The average Bonchev–Trinajstić information content (AvgIpc) is 2.83. The van der Waals surface area contributed by atoms with Gasteiger partial charge in [0.15, 0.2) is 0 Å². The lowest BCUT2D eigenvalue weighted by Gasteiger charge is -2.20. The number of rotatable bonds is 3. The third kappa shape index (κ3) is 3.91. The number of nitrogens with zero attached hydrogens (tertiary/aromatic N) is 1. The first-order chi connectivity index (χ1) is 10.3. The maximum atomic E-state index is 11.9. The predicted octanol–water partition coefficient (Wildman–Crippen LogP) is 3.28. The first kappa shape index (κ1) is 15.7. The highest BCUT2D eigenvalue weighted by Gasteiger charge is 2.19. The van der Waals surface area contributed by atoms with Crippen LogP contribution in [0.25, 0.3) is 11.3 Å². The number of benzene rings is 1. The van der Waals surface area contributed by atoms with Crippen LogP contribution in [0.5, 0.6) is 5.75 Å². The van der Waals surface area contributed by atoms with Crippen molar-refractivity contribution < 1.29 is 18.8 Å². The standard InChI is InChI=1S/C15H19N3O4/c1-15(2,3)21-14(19)17-11-6-5-9(20-4)7-10(11)12-8-13(16)22-18-12/h5-8H,16H2,1-4H3,(H,17,19). The summed E-state index contributed by atoms with van der Waals surface area (Å²) in [5, 5.41) is 6.54. The summed E-state index contributed by atoms with van der Waals surface area (Å²) in [5.74, 6) is 0.798. The van der Waals surface area contributed by atoms with E-state index in [1.165, 1.54) is 0 Å². The number of hydrogen-bond donors (Lipinski definition) is 2. The van der Waals surface area contributed by atoms with Crippen molar-refractivity contribution in [1.82, 2.24) is 5.16 Å². The molecular formula is C15H19N3O4. The number of anilines is 2. The van der Waals surface area contributed by atoms with E-state index in [0.29, 0.717) is 22.7 Å². The summed E-state index contributed by atoms with van der Waals surface area (Å²) in [6, 6.07) is 6.71. The summed E-state index contributed by atoms with van der Waals surface area (Å²) >= 11 is 0. The van der Waals surface area contributed by atoms with Crippen LogP contribution in [0.2, 0.25) is 0 Å². The first-order valence-corrected chi connectivity index (χ1v) is 6.69. The molecule has 0 fully saturated rings. The Morgan fingerprint density at radius 2 is 2.05 bits per heavy atom. The molecule has 0 radical (unpaired) electrons. The van der Waals surface area contributed by atoms with E-state index in [0.717, 1.165) is 0 Å². The summed E-state index contributed by atoms with van der Waals surface area (Å²) in [5.41, 5.74) is 6.58. The Morgan fingerprint density at radius 1 is 1.32 bits per heavy atom. The van der Waals surface area contributed by atoms with Crippen LogP contribution in [0.4, 0.5) is 16.4 Å². The van der Waals surface area contributed by atoms with Crippen LogP contribution in [0.15, 0.2) is 28.8 Å². The second-order valence-corrected chi connectivity index (χ2v) is 5.65. The van der Waals surface area contributed by atoms with Gasteiger partial charge in [0.05, 0.1) is 12.8 Å². The molecule has 22 heavy (non-hydrogen) atoms. The van der Waals surface area contributed by atoms with Crippen LogP contribution in [0, 0.1) is 0 Å². The van der Waals surface area contributed by atoms with Crippen LogP contribution in [-0.4, -0.2) is 24.0 Å². The summed E-state index contributed by atoms with van der Waals surface area (Å²) in [4.78, 5) is 11.9. The number of aromatic nitrogens is 1. The number of nitrogens with one attached hydrogen (secondary N) is 1. The molecular weight excluding hydrogens is 286 g/mol. The highest BCUT2D eigenvalue weighted by Crippen LogP contribution is 2.32. The SMILES string of the molecule is COc1ccc(NC(=O)OC(C)(C)C)c(-c2cc(N)on2)c1. The number of nitrogens with two attached hydrogens (primary N) is 1. The van der Waals surface area contributed by atoms with Crippen LogP contribution in [0.3, 0.4) is 0 Å². The summed E-state index contributed by atoms with van der Waals surface area (Å²) < 4.78 is 15.3. The molecule has 2 rings (SSSR count). The zero-order valence-electron chi connectivity index (χ0n) is 13.0. The molecule has 1 aromatic carbocycles. The number of nitrogen functional groups attached to an aromatic ring is 1. The smallest absolute Gasteiger partial charge is 0.412 e. The molecule has 7 heteroatoms. The van der Waals surface area contributed by atoms with Gasteiger partial charge in [-0.05, 0) is 39.0 Å². The average molecular weight is 305 g/mol. The summed E-state index contributed by atoms with van der Waals surface area (Å²) in [6.07, 6.45) is -0.560. The fraction of sp³-hybridized carbons (Fsp3) is 0.333. The highest BCUT2D eigenvalue weighted by atomic mass is 16.6. The maximum Gasteiger partial charge on any atom is 0.412 e. The van der Waals surface area contributed by atoms with Crippen molar-refractivity contribution in [2.45, 2.75) is 26.4 Å². The van der Waals surface area contributed by atoms with Crippen molar-refractivity contribution in [3.05, 3.63) is 24.3 Å². The van der Waals surface area contributed by atoms with E-state index in [4.69, 9.17) is 19.7 Å². The Labute approximate surface area is 128 Å². The minimum atomic E-state index is -0.588. The van der Waals surface area contributed by atoms with Gasteiger partial charge in [0, 0.05) is 11.6 Å². The van der Waals surface area contributed by atoms with Crippen molar-refractivity contribution in [3.8, 4) is 17.0 Å². The Kier molecular flexibility index (Phi) is 4.25. The monoisotopic (exact) mass is 305 g/mol. The zero-order valence-corrected chi connectivity index (χ0v) is 13.0. The van der Waals surface area contributed by atoms with Crippen molar-refractivity contribution in [2.75, 3.05) is 18.2 Å². The Balaban J connectivity index is 2.33. The van der Waals surface area contributed by atoms with Crippen molar-refractivity contribution >= 4 is 17.7 Å². The van der Waals surface area contributed by atoms with Gasteiger partial charge >= 0.3 is 6.09 Å². The van der Waals surface area contributed by atoms with Crippen LogP contribution < -0.4 is 15.8 Å². The number of carbonyl (C=O) groups is 1. The second kappa shape index (κ2) is 5.97. The number of ether oxygens (including phenoxy) is 2. The van der Waals surface area contributed by atoms with Crippen molar-refractivity contribution in [1.29, 1.82) is 0 Å². The molecule has 2 aromatic rings. The quantitative estimate of drug-likeness (QED) is 0.902. The number of hydrogen-bond acceptors (Lipinski definition) is 6. The summed E-state index contributed by atoms with van der Waals surface area (Å²) in [6.45, 7) is 5.37. The fourth-order valence-electron chi connectivity index (χ4n) is 1.80. The van der Waals surface area contributed by atoms with Gasteiger partial charge in [0.2, 0.25) is 5.88 Å². The van der Waals surface area contributed by atoms with Gasteiger partial charge in [0.25, 0.3) is 0 Å². The lowest BCUT2D eigenvalue weighted by Crippen LogP contribution is -2.27. The van der Waals surface area contributed by atoms with E-state index in [1.807, 2.05) is 0 Å². The van der Waals surface area contributed by atoms with E-state index < -0.39 is 11.7 Å². The maximum absolute atomic E-state index is 11.9. The topological polar surface area (TPSA) is 99.6 Å². The van der Waals surface area contributed by atoms with E-state index in [1.54, 1.807) is 52.1 Å².